The van der Waals surface area contributed by atoms with Gasteiger partial charge in [0.1, 0.15) is 5.01 Å². The lowest BCUT2D eigenvalue weighted by Gasteiger charge is -2.31. The zero-order chi connectivity index (χ0) is 13.6. The van der Waals surface area contributed by atoms with E-state index in [2.05, 4.69) is 25.8 Å². The standard InChI is InChI=1S/C12H20N2O2S2/c1-11(2,3)9-7-17-10(14-9)12(13)5-4-6-18(15,16)8-12/h7H,4-6,8,13H2,1-3H3. The fraction of sp³-hybridized carbons (Fsp3) is 0.750. The molecule has 2 N–H and O–H groups in total. The molecule has 0 radical (unpaired) electrons. The van der Waals surface area contributed by atoms with Gasteiger partial charge in [-0.3, -0.25) is 0 Å². The predicted octanol–water partition coefficient (Wildman–Crippen LogP) is 1.80. The number of hydrogen-bond acceptors (Lipinski definition) is 5. The Morgan fingerprint density at radius 1 is 1.44 bits per heavy atom. The van der Waals surface area contributed by atoms with Crippen LogP contribution in [0.15, 0.2) is 5.38 Å². The average Bonchev–Trinajstić information content (AvgIpc) is 2.63. The SMILES string of the molecule is CC(C)(C)c1csc(C2(N)CCCS(=O)(=O)C2)n1. The van der Waals surface area contributed by atoms with Crippen molar-refractivity contribution >= 4 is 21.2 Å². The molecule has 6 heteroatoms. The van der Waals surface area contributed by atoms with E-state index in [0.717, 1.165) is 10.7 Å². The summed E-state index contributed by atoms with van der Waals surface area (Å²) in [6, 6.07) is 0. The minimum Gasteiger partial charge on any atom is -0.319 e. The van der Waals surface area contributed by atoms with E-state index < -0.39 is 15.4 Å². The van der Waals surface area contributed by atoms with Crippen LogP contribution in [0.25, 0.3) is 0 Å². The second-order valence-corrected chi connectivity index (χ2v) is 9.18. The van der Waals surface area contributed by atoms with Crippen LogP contribution in [-0.4, -0.2) is 24.9 Å². The zero-order valence-corrected chi connectivity index (χ0v) is 12.7. The summed E-state index contributed by atoms with van der Waals surface area (Å²) in [4.78, 5) is 4.57. The summed E-state index contributed by atoms with van der Waals surface area (Å²) in [6.07, 6.45) is 1.33. The Labute approximate surface area is 113 Å². The summed E-state index contributed by atoms with van der Waals surface area (Å²) in [5, 5.41) is 2.75. The highest BCUT2D eigenvalue weighted by molar-refractivity contribution is 7.91. The van der Waals surface area contributed by atoms with Gasteiger partial charge in [-0.25, -0.2) is 13.4 Å². The first kappa shape index (κ1) is 14.0. The van der Waals surface area contributed by atoms with Crippen LogP contribution < -0.4 is 5.73 Å². The van der Waals surface area contributed by atoms with Gasteiger partial charge in [0.05, 0.1) is 22.7 Å². The first-order valence-corrected chi connectivity index (χ1v) is 8.78. The van der Waals surface area contributed by atoms with Crippen molar-refractivity contribution in [1.82, 2.24) is 4.98 Å². The van der Waals surface area contributed by atoms with Gasteiger partial charge in [-0.2, -0.15) is 0 Å². The monoisotopic (exact) mass is 288 g/mol. The molecule has 102 valence electrons. The van der Waals surface area contributed by atoms with Crippen LogP contribution in [0.3, 0.4) is 0 Å². The average molecular weight is 288 g/mol. The highest BCUT2D eigenvalue weighted by atomic mass is 32.2. The highest BCUT2D eigenvalue weighted by Gasteiger charge is 2.39. The molecular formula is C12H20N2O2S2. The number of aromatic nitrogens is 1. The van der Waals surface area contributed by atoms with Crippen LogP contribution in [-0.2, 0) is 20.8 Å². The van der Waals surface area contributed by atoms with Gasteiger partial charge in [0.2, 0.25) is 0 Å². The molecular weight excluding hydrogens is 268 g/mol. The second kappa shape index (κ2) is 4.28. The molecule has 1 aromatic rings. The number of nitrogens with zero attached hydrogens (tertiary/aromatic N) is 1. The molecule has 1 fully saturated rings. The van der Waals surface area contributed by atoms with Gasteiger partial charge in [-0.1, -0.05) is 20.8 Å². The maximum absolute atomic E-state index is 11.7. The molecule has 1 atom stereocenters. The predicted molar refractivity (Wildman–Crippen MR) is 74.6 cm³/mol. The maximum Gasteiger partial charge on any atom is 0.152 e. The number of nitrogens with two attached hydrogens (primary N) is 1. The van der Waals surface area contributed by atoms with Crippen molar-refractivity contribution in [3.63, 3.8) is 0 Å². The molecule has 0 amide bonds. The van der Waals surface area contributed by atoms with Crippen LogP contribution in [0.4, 0.5) is 0 Å². The summed E-state index contributed by atoms with van der Waals surface area (Å²) < 4.78 is 23.5. The Hall–Kier alpha value is -0.460. The summed E-state index contributed by atoms with van der Waals surface area (Å²) in [6.45, 7) is 6.27. The summed E-state index contributed by atoms with van der Waals surface area (Å²) in [5.41, 5.74) is 6.45. The molecule has 0 bridgehead atoms. The van der Waals surface area contributed by atoms with Gasteiger partial charge in [0.25, 0.3) is 0 Å². The van der Waals surface area contributed by atoms with Crippen LogP contribution >= 0.6 is 11.3 Å². The Bertz CT molecular complexity index is 543. The van der Waals surface area contributed by atoms with E-state index in [9.17, 15) is 8.42 Å². The van der Waals surface area contributed by atoms with Crippen LogP contribution in [0.1, 0.15) is 44.3 Å². The van der Waals surface area contributed by atoms with Crippen molar-refractivity contribution in [3.05, 3.63) is 16.1 Å². The van der Waals surface area contributed by atoms with E-state index in [4.69, 9.17) is 5.73 Å². The molecule has 0 saturated carbocycles. The smallest absolute Gasteiger partial charge is 0.152 e. The Morgan fingerprint density at radius 2 is 2.11 bits per heavy atom. The lowest BCUT2D eigenvalue weighted by Crippen LogP contribution is -2.47. The molecule has 2 rings (SSSR count). The van der Waals surface area contributed by atoms with Gasteiger partial charge < -0.3 is 5.73 Å². The second-order valence-electron chi connectivity index (χ2n) is 6.14. The van der Waals surface area contributed by atoms with Crippen LogP contribution in [0.5, 0.6) is 0 Å². The first-order chi connectivity index (χ1) is 8.12. The molecule has 2 heterocycles. The molecule has 0 aromatic carbocycles. The van der Waals surface area contributed by atoms with Crippen molar-refractivity contribution in [3.8, 4) is 0 Å². The maximum atomic E-state index is 11.7. The van der Waals surface area contributed by atoms with Gasteiger partial charge in [0, 0.05) is 10.8 Å². The summed E-state index contributed by atoms with van der Waals surface area (Å²) >= 11 is 1.48. The number of rotatable bonds is 1. The molecule has 0 aliphatic carbocycles. The summed E-state index contributed by atoms with van der Waals surface area (Å²) in [7, 11) is -3.02. The van der Waals surface area contributed by atoms with Crippen LogP contribution in [0, 0.1) is 0 Å². The Morgan fingerprint density at radius 3 is 2.61 bits per heavy atom. The third kappa shape index (κ3) is 2.75. The Kier molecular flexibility index (Phi) is 3.32. The van der Waals surface area contributed by atoms with Crippen molar-refractivity contribution in [2.45, 2.75) is 44.6 Å². The Balaban J connectivity index is 2.33. The quantitative estimate of drug-likeness (QED) is 0.855. The van der Waals surface area contributed by atoms with Crippen molar-refractivity contribution < 1.29 is 8.42 Å². The van der Waals surface area contributed by atoms with Gasteiger partial charge in [0.15, 0.2) is 9.84 Å². The van der Waals surface area contributed by atoms with E-state index in [0.29, 0.717) is 12.8 Å². The number of hydrogen-bond donors (Lipinski definition) is 1. The molecule has 1 aromatic heterocycles. The van der Waals surface area contributed by atoms with Crippen molar-refractivity contribution in [2.75, 3.05) is 11.5 Å². The van der Waals surface area contributed by atoms with E-state index in [1.165, 1.54) is 11.3 Å². The highest BCUT2D eigenvalue weighted by Crippen LogP contribution is 2.34. The van der Waals surface area contributed by atoms with Crippen LogP contribution in [0.2, 0.25) is 0 Å². The fourth-order valence-electron chi connectivity index (χ4n) is 2.16. The molecule has 0 spiro atoms. The number of thiazole rings is 1. The van der Waals surface area contributed by atoms with E-state index in [-0.39, 0.29) is 16.9 Å². The minimum atomic E-state index is -3.02. The molecule has 18 heavy (non-hydrogen) atoms. The van der Waals surface area contributed by atoms with E-state index >= 15 is 0 Å². The lowest BCUT2D eigenvalue weighted by atomic mass is 9.93. The van der Waals surface area contributed by atoms with Gasteiger partial charge in [-0.15, -0.1) is 11.3 Å². The van der Waals surface area contributed by atoms with Crippen molar-refractivity contribution in [1.29, 1.82) is 0 Å². The molecule has 1 aliphatic rings. The molecule has 1 saturated heterocycles. The number of sulfone groups is 1. The molecule has 1 unspecified atom stereocenters. The lowest BCUT2D eigenvalue weighted by molar-refractivity contribution is 0.419. The largest absolute Gasteiger partial charge is 0.319 e. The zero-order valence-electron chi connectivity index (χ0n) is 11.1. The topological polar surface area (TPSA) is 73.1 Å². The van der Waals surface area contributed by atoms with Gasteiger partial charge in [-0.05, 0) is 12.8 Å². The van der Waals surface area contributed by atoms with Gasteiger partial charge >= 0.3 is 0 Å². The van der Waals surface area contributed by atoms with E-state index in [1.54, 1.807) is 0 Å². The van der Waals surface area contributed by atoms with Crippen molar-refractivity contribution in [2.24, 2.45) is 5.73 Å². The third-order valence-electron chi connectivity index (χ3n) is 3.25. The summed E-state index contributed by atoms with van der Waals surface area (Å²) in [5.74, 6) is 0.278. The molecule has 1 aliphatic heterocycles. The normalized spacial score (nSPS) is 28.2. The first-order valence-electron chi connectivity index (χ1n) is 6.08. The van der Waals surface area contributed by atoms with E-state index in [1.807, 2.05) is 5.38 Å². The molecule has 4 nitrogen and oxygen atoms in total. The fourth-order valence-corrected chi connectivity index (χ4v) is 5.24. The minimum absolute atomic E-state index is 0.0249. The third-order valence-corrected chi connectivity index (χ3v) is 6.18.